The lowest BCUT2D eigenvalue weighted by Crippen LogP contribution is -2.46. The van der Waals surface area contributed by atoms with Crippen LogP contribution in [-0.2, 0) is 25.7 Å². The van der Waals surface area contributed by atoms with Gasteiger partial charge in [-0.2, -0.15) is 0 Å². The van der Waals surface area contributed by atoms with E-state index in [4.69, 9.17) is 14.2 Å². The third-order valence-corrected chi connectivity index (χ3v) is 9.38. The van der Waals surface area contributed by atoms with Gasteiger partial charge in [-0.1, -0.05) is 12.1 Å². The van der Waals surface area contributed by atoms with Crippen molar-refractivity contribution in [2.45, 2.75) is 108 Å². The monoisotopic (exact) mass is 714 g/mol. The normalized spacial score (nSPS) is 22.8. The lowest BCUT2D eigenvalue weighted by molar-refractivity contribution is 0.00892. The lowest BCUT2D eigenvalue weighted by atomic mass is 9.87. The molecule has 6 rings (SSSR count). The third kappa shape index (κ3) is 11.1. The Labute approximate surface area is 298 Å². The minimum absolute atomic E-state index is 0.0485. The highest BCUT2D eigenvalue weighted by molar-refractivity contribution is 5.43. The van der Waals surface area contributed by atoms with E-state index in [1.54, 1.807) is 12.1 Å². The number of aryl methyl sites for hydroxylation is 2. The van der Waals surface area contributed by atoms with E-state index in [0.29, 0.717) is 62.3 Å². The number of rotatable bonds is 11. The summed E-state index contributed by atoms with van der Waals surface area (Å²) in [6.07, 6.45) is -1.06. The maximum atomic E-state index is 13.3. The van der Waals surface area contributed by atoms with Crippen LogP contribution >= 0.6 is 0 Å². The molecule has 3 aromatic rings. The van der Waals surface area contributed by atoms with Gasteiger partial charge in [0.05, 0.1) is 12.2 Å². The van der Waals surface area contributed by atoms with Gasteiger partial charge < -0.3 is 50.4 Å². The summed E-state index contributed by atoms with van der Waals surface area (Å²) in [7, 11) is 0. The minimum atomic E-state index is -0.760. The van der Waals surface area contributed by atoms with Gasteiger partial charge in [0.2, 0.25) is 0 Å². The topological polar surface area (TPSA) is 153 Å². The molecular weight excluding hydrogens is 662 g/mol. The summed E-state index contributed by atoms with van der Waals surface area (Å²) in [5.41, 5.74) is 3.50. The largest absolute Gasteiger partial charge is 0.491 e. The molecule has 0 spiro atoms. The molecule has 3 aromatic carbocycles. The summed E-state index contributed by atoms with van der Waals surface area (Å²) in [5.74, 6) is 1.30. The van der Waals surface area contributed by atoms with Crippen molar-refractivity contribution in [3.8, 4) is 17.2 Å². The molecule has 10 nitrogen and oxygen atoms in total. The molecule has 0 radical (unpaired) electrons. The summed E-state index contributed by atoms with van der Waals surface area (Å²) < 4.78 is 43.9. The number of fused-ring (bicyclic) bond motifs is 3. The van der Waals surface area contributed by atoms with Crippen molar-refractivity contribution >= 4 is 0 Å². The molecule has 3 aliphatic rings. The molecule has 0 bridgehead atoms. The molecule has 1 aliphatic carbocycles. The number of β-amino-alcohol motifs (C(OH)–C–C–N with tert-alkyl or cyclic N) is 1. The number of nitrogens with one attached hydrogen (secondary N) is 2. The predicted octanol–water partition coefficient (Wildman–Crippen LogP) is 3.00. The van der Waals surface area contributed by atoms with Crippen molar-refractivity contribution < 1.29 is 48.5 Å². The summed E-state index contributed by atoms with van der Waals surface area (Å²) >= 11 is 0. The number of hydrogen-bond donors (Lipinski definition) is 7. The summed E-state index contributed by atoms with van der Waals surface area (Å²) in [5, 5.41) is 56.7. The second-order valence-electron chi connectivity index (χ2n) is 14.7. The second kappa shape index (κ2) is 17.4. The maximum Gasteiger partial charge on any atom is 0.126 e. The van der Waals surface area contributed by atoms with Crippen LogP contribution in [0.15, 0.2) is 54.6 Å². The fourth-order valence-electron chi connectivity index (χ4n) is 6.48. The molecule has 2 aliphatic heterocycles. The second-order valence-corrected chi connectivity index (χ2v) is 14.7. The smallest absolute Gasteiger partial charge is 0.126 e. The highest BCUT2D eigenvalue weighted by Gasteiger charge is 2.30. The van der Waals surface area contributed by atoms with Crippen LogP contribution in [0.2, 0.25) is 0 Å². The molecule has 0 aromatic heterocycles. The van der Waals surface area contributed by atoms with E-state index in [1.807, 2.05) is 39.0 Å². The molecule has 51 heavy (non-hydrogen) atoms. The lowest BCUT2D eigenvalue weighted by Gasteiger charge is -2.31. The van der Waals surface area contributed by atoms with E-state index in [2.05, 4.69) is 10.6 Å². The fourth-order valence-corrected chi connectivity index (χ4v) is 6.48. The number of ether oxygens (including phenoxy) is 3. The Balaban J connectivity index is 0.000000206. The Morgan fingerprint density at radius 3 is 1.86 bits per heavy atom. The van der Waals surface area contributed by atoms with Crippen molar-refractivity contribution in [2.75, 3.05) is 26.2 Å². The van der Waals surface area contributed by atoms with Crippen molar-refractivity contribution in [3.63, 3.8) is 0 Å². The van der Waals surface area contributed by atoms with Crippen molar-refractivity contribution in [2.24, 2.45) is 0 Å². The first-order chi connectivity index (χ1) is 24.3. The number of aliphatic hydroxyl groups is 5. The van der Waals surface area contributed by atoms with E-state index >= 15 is 0 Å². The summed E-state index contributed by atoms with van der Waals surface area (Å²) in [6, 6.07) is 14.4. The fraction of sp³-hybridized carbons (Fsp3) is 0.538. The van der Waals surface area contributed by atoms with E-state index in [0.717, 1.165) is 22.3 Å². The van der Waals surface area contributed by atoms with E-state index in [-0.39, 0.29) is 49.1 Å². The highest BCUT2D eigenvalue weighted by atomic mass is 19.1. The molecule has 0 saturated carbocycles. The molecule has 7 atom stereocenters. The zero-order chi connectivity index (χ0) is 36.7. The number of aliphatic hydroxyl groups excluding tert-OH is 5. The van der Waals surface area contributed by atoms with Gasteiger partial charge in [0.15, 0.2) is 0 Å². The quantitative estimate of drug-likeness (QED) is 0.158. The molecule has 12 heteroatoms. The van der Waals surface area contributed by atoms with Crippen molar-refractivity contribution in [3.05, 3.63) is 88.5 Å². The first-order valence-electron chi connectivity index (χ1n) is 17.8. The number of hydrogen-bond acceptors (Lipinski definition) is 10. The Morgan fingerprint density at radius 2 is 1.31 bits per heavy atom. The summed E-state index contributed by atoms with van der Waals surface area (Å²) in [6.45, 7) is 7.29. The number of benzene rings is 3. The highest BCUT2D eigenvalue weighted by Crippen LogP contribution is 2.32. The van der Waals surface area contributed by atoms with E-state index < -0.39 is 30.5 Å². The average molecular weight is 715 g/mol. The Morgan fingerprint density at radius 1 is 0.765 bits per heavy atom. The zero-order valence-electron chi connectivity index (χ0n) is 29.5. The van der Waals surface area contributed by atoms with Gasteiger partial charge in [-0.25, -0.2) is 8.78 Å². The van der Waals surface area contributed by atoms with Crippen LogP contribution in [0.1, 0.15) is 55.9 Å². The average Bonchev–Trinajstić information content (AvgIpc) is 3.09. The van der Waals surface area contributed by atoms with Gasteiger partial charge in [-0.3, -0.25) is 0 Å². The third-order valence-electron chi connectivity index (χ3n) is 9.38. The molecule has 5 unspecified atom stereocenters. The minimum Gasteiger partial charge on any atom is -0.491 e. The van der Waals surface area contributed by atoms with Gasteiger partial charge in [0.25, 0.3) is 0 Å². The number of halogens is 2. The Bertz CT molecular complexity index is 1520. The van der Waals surface area contributed by atoms with Crippen LogP contribution in [-0.4, -0.2) is 100 Å². The molecule has 0 saturated heterocycles. The first kappa shape index (κ1) is 38.9. The molecule has 2 heterocycles. The van der Waals surface area contributed by atoms with Gasteiger partial charge in [-0.05, 0) is 106 Å². The Hall–Kier alpha value is -3.36. The van der Waals surface area contributed by atoms with Crippen LogP contribution in [0.4, 0.5) is 8.78 Å². The zero-order valence-corrected chi connectivity index (χ0v) is 29.5. The maximum absolute atomic E-state index is 13.3. The van der Waals surface area contributed by atoms with Gasteiger partial charge in [-0.15, -0.1) is 0 Å². The van der Waals surface area contributed by atoms with Crippen molar-refractivity contribution in [1.82, 2.24) is 10.6 Å². The van der Waals surface area contributed by atoms with Crippen LogP contribution in [0.25, 0.3) is 0 Å². The van der Waals surface area contributed by atoms with E-state index in [9.17, 15) is 34.3 Å². The molecule has 0 amide bonds. The molecule has 280 valence electrons. The molecule has 0 fully saturated rings. The van der Waals surface area contributed by atoms with Gasteiger partial charge >= 0.3 is 0 Å². The van der Waals surface area contributed by atoms with Gasteiger partial charge in [0.1, 0.15) is 66.0 Å². The SMILES string of the molecule is CC(C)(C)NCC(O)COc1cccc2c1C[C@H](O)[C@H](O)C2.OC(CNCC(O)C1CCc2cc(F)ccc2O1)C1CCc2cc(F)ccc2O1. The standard InChI is InChI=1S/C22H25F2NO4.C17H27NO4/c23-15-3-7-19-13(9-15)1-5-21(28-19)17(26)11-25-12-18(27)22-6-2-14-10-16(24)4-8-20(14)29-22;1-17(2,3)18-9-12(19)10-22-16-6-4-5-11-7-14(20)15(21)8-13(11)16/h3-4,7-10,17-18,21-22,25-27H,1-2,5-6,11-12H2;4-6,12,14-15,18-21H,7-10H2,1-3H3/t;12?,14-,15+/m.1/s1. The molecular formula is C39H52F2N2O8. The summed E-state index contributed by atoms with van der Waals surface area (Å²) in [4.78, 5) is 0. The van der Waals surface area contributed by atoms with Crippen molar-refractivity contribution in [1.29, 1.82) is 0 Å². The van der Waals surface area contributed by atoms with Crippen LogP contribution in [0.3, 0.4) is 0 Å². The molecule has 7 N–H and O–H groups in total. The predicted molar refractivity (Wildman–Crippen MR) is 188 cm³/mol. The van der Waals surface area contributed by atoms with E-state index in [1.165, 1.54) is 24.3 Å². The van der Waals surface area contributed by atoms with Crippen LogP contribution in [0, 0.1) is 11.6 Å². The van der Waals surface area contributed by atoms with Crippen LogP contribution < -0.4 is 24.8 Å². The Kier molecular flexibility index (Phi) is 13.3. The van der Waals surface area contributed by atoms with Gasteiger partial charge in [0, 0.05) is 43.6 Å². The first-order valence-corrected chi connectivity index (χ1v) is 17.8. The van der Waals surface area contributed by atoms with Crippen LogP contribution in [0.5, 0.6) is 17.2 Å².